The highest BCUT2D eigenvalue weighted by Gasteiger charge is 2.29. The second-order valence-corrected chi connectivity index (χ2v) is 16.6. The molecule has 0 atom stereocenters. The van der Waals surface area contributed by atoms with Gasteiger partial charge in [-0.3, -0.25) is 4.79 Å². The van der Waals surface area contributed by atoms with Gasteiger partial charge in [0.05, 0.1) is 19.6 Å². The third-order valence-corrected chi connectivity index (χ3v) is 10.7. The molecule has 1 aliphatic carbocycles. The first-order chi connectivity index (χ1) is 34.7. The number of aliphatic carboxylic acids is 1. The van der Waals surface area contributed by atoms with Gasteiger partial charge in [0.15, 0.2) is 0 Å². The number of nitrogens with one attached hydrogen (secondary N) is 1. The van der Waals surface area contributed by atoms with E-state index in [-0.39, 0.29) is 18.9 Å². The summed E-state index contributed by atoms with van der Waals surface area (Å²) in [6, 6.07) is 16.6. The van der Waals surface area contributed by atoms with E-state index in [1.165, 1.54) is 22.3 Å². The van der Waals surface area contributed by atoms with Gasteiger partial charge in [-0.2, -0.15) is 0 Å². The van der Waals surface area contributed by atoms with Crippen LogP contribution in [0.15, 0.2) is 48.5 Å². The van der Waals surface area contributed by atoms with Crippen molar-refractivity contribution in [1.82, 2.24) is 5.32 Å². The maximum atomic E-state index is 12.3. The molecule has 2 aromatic carbocycles. The third kappa shape index (κ3) is 33.4. The van der Waals surface area contributed by atoms with Crippen molar-refractivity contribution in [3.05, 3.63) is 59.7 Å². The number of carbonyl (C=O) groups is 2. The van der Waals surface area contributed by atoms with Crippen molar-refractivity contribution in [2.75, 3.05) is 172 Å². The molecule has 0 aliphatic heterocycles. The molecule has 0 heterocycles. The number of fused-ring (bicyclic) bond motifs is 3. The molecule has 0 bridgehead atoms. The minimum absolute atomic E-state index is 0.0351. The summed E-state index contributed by atoms with van der Waals surface area (Å²) in [6.45, 7) is 15.9. The monoisotopic (exact) mass is 994 g/mol. The van der Waals surface area contributed by atoms with Crippen LogP contribution in [0.4, 0.5) is 4.79 Å². The lowest BCUT2D eigenvalue weighted by molar-refractivity contribution is -0.138. The van der Waals surface area contributed by atoms with Crippen molar-refractivity contribution >= 4 is 12.1 Å². The Hall–Kier alpha value is -3.30. The van der Waals surface area contributed by atoms with Gasteiger partial charge < -0.3 is 72.0 Å². The molecule has 0 saturated carbocycles. The zero-order valence-electron chi connectivity index (χ0n) is 42.1. The molecule has 0 spiro atoms. The van der Waals surface area contributed by atoms with Gasteiger partial charge in [-0.25, -0.2) is 4.79 Å². The summed E-state index contributed by atoms with van der Waals surface area (Å²) < 4.78 is 72.9. The molecular formula is C53H87NO16. The van der Waals surface area contributed by atoms with E-state index in [0.29, 0.717) is 165 Å². The van der Waals surface area contributed by atoms with Crippen molar-refractivity contribution < 1.29 is 76.3 Å². The predicted octanol–water partition coefficient (Wildman–Crippen LogP) is 7.49. The van der Waals surface area contributed by atoms with Gasteiger partial charge in [0.1, 0.15) is 6.61 Å². The number of amides is 1. The molecule has 2 N–H and O–H groups in total. The predicted molar refractivity (Wildman–Crippen MR) is 266 cm³/mol. The van der Waals surface area contributed by atoms with Crippen LogP contribution in [-0.2, 0) is 66.4 Å². The standard InChI is InChI=1S/C53H87NO16/c55-52(56)20-44-68-42-14-40-66-38-12-36-64-34-10-32-62-30-8-28-60-26-6-24-58-22-5-23-59-25-7-27-61-29-9-31-63-33-11-35-65-37-13-39-67-41-15-43-69-45-21-54-53(57)70-46-51-49-18-3-1-16-47(49)48-17-2-4-19-50(48)51/h1-4,16-19,51H,5-15,20-46H2,(H,54,57)(H,55,56). The lowest BCUT2D eigenvalue weighted by Crippen LogP contribution is -2.29. The first kappa shape index (κ1) is 61.0. The van der Waals surface area contributed by atoms with Crippen LogP contribution in [0.25, 0.3) is 11.1 Å². The van der Waals surface area contributed by atoms with Gasteiger partial charge in [-0.15, -0.1) is 0 Å². The highest BCUT2D eigenvalue weighted by atomic mass is 16.6. The van der Waals surface area contributed by atoms with Crippen LogP contribution in [-0.4, -0.2) is 189 Å². The second-order valence-electron chi connectivity index (χ2n) is 16.6. The molecule has 17 heteroatoms. The number of ether oxygens (including phenoxy) is 13. The molecule has 0 radical (unpaired) electrons. The third-order valence-electron chi connectivity index (χ3n) is 10.7. The Morgan fingerprint density at radius 3 is 0.914 bits per heavy atom. The molecule has 3 rings (SSSR count). The van der Waals surface area contributed by atoms with Crippen molar-refractivity contribution in [3.8, 4) is 11.1 Å². The molecule has 0 aromatic heterocycles. The maximum absolute atomic E-state index is 12.3. The normalized spacial score (nSPS) is 12.1. The van der Waals surface area contributed by atoms with E-state index in [4.69, 9.17) is 66.7 Å². The molecule has 0 unspecified atom stereocenters. The summed E-state index contributed by atoms with van der Waals surface area (Å²) in [5.74, 6) is -0.799. The van der Waals surface area contributed by atoms with Crippen molar-refractivity contribution in [1.29, 1.82) is 0 Å². The van der Waals surface area contributed by atoms with Crippen LogP contribution in [0.1, 0.15) is 94.1 Å². The number of carboxylic acids is 1. The van der Waals surface area contributed by atoms with Crippen LogP contribution < -0.4 is 5.32 Å². The van der Waals surface area contributed by atoms with E-state index >= 15 is 0 Å². The Balaban J connectivity index is 0.888. The Kier molecular flexibility index (Phi) is 39.7. The van der Waals surface area contributed by atoms with Gasteiger partial charge in [0.2, 0.25) is 0 Å². The van der Waals surface area contributed by atoms with Crippen molar-refractivity contribution in [2.45, 2.75) is 83.0 Å². The summed E-state index contributed by atoms with van der Waals surface area (Å²) in [5, 5.41) is 11.3. The van der Waals surface area contributed by atoms with Gasteiger partial charge >= 0.3 is 12.1 Å². The molecule has 2 aromatic rings. The van der Waals surface area contributed by atoms with E-state index in [1.807, 2.05) is 24.3 Å². The Labute approximate surface area is 418 Å². The van der Waals surface area contributed by atoms with E-state index < -0.39 is 12.1 Å². The number of hydrogen-bond acceptors (Lipinski definition) is 15. The molecule has 0 saturated heterocycles. The molecule has 0 fully saturated rings. The zero-order valence-corrected chi connectivity index (χ0v) is 42.1. The quantitative estimate of drug-likeness (QED) is 0.0621. The van der Waals surface area contributed by atoms with E-state index in [1.54, 1.807) is 0 Å². The van der Waals surface area contributed by atoms with E-state index in [9.17, 15) is 9.59 Å². The van der Waals surface area contributed by atoms with Crippen LogP contribution in [0.3, 0.4) is 0 Å². The van der Waals surface area contributed by atoms with Crippen LogP contribution in [0.5, 0.6) is 0 Å². The highest BCUT2D eigenvalue weighted by Crippen LogP contribution is 2.44. The van der Waals surface area contributed by atoms with Gasteiger partial charge in [-0.1, -0.05) is 48.5 Å². The van der Waals surface area contributed by atoms with Crippen LogP contribution >= 0.6 is 0 Å². The zero-order chi connectivity index (χ0) is 49.5. The smallest absolute Gasteiger partial charge is 0.407 e. The van der Waals surface area contributed by atoms with Crippen molar-refractivity contribution in [2.24, 2.45) is 0 Å². The summed E-state index contributed by atoms with van der Waals surface area (Å²) in [6.07, 6.45) is 8.93. The average Bonchev–Trinajstić information content (AvgIpc) is 3.69. The molecular weight excluding hydrogens is 907 g/mol. The fourth-order valence-corrected chi connectivity index (χ4v) is 7.15. The maximum Gasteiger partial charge on any atom is 0.407 e. The second kappa shape index (κ2) is 45.6. The summed E-state index contributed by atoms with van der Waals surface area (Å²) in [4.78, 5) is 22.7. The summed E-state index contributed by atoms with van der Waals surface area (Å²) in [7, 11) is 0. The number of alkyl carbamates (subject to hydrolysis) is 1. The number of rotatable bonds is 52. The van der Waals surface area contributed by atoms with Gasteiger partial charge in [-0.05, 0) is 92.9 Å². The number of carbonyl (C=O) groups excluding carboxylic acids is 1. The molecule has 400 valence electrons. The first-order valence-corrected chi connectivity index (χ1v) is 25.9. The average molecular weight is 994 g/mol. The lowest BCUT2D eigenvalue weighted by Gasteiger charge is -2.14. The fourth-order valence-electron chi connectivity index (χ4n) is 7.15. The molecule has 1 aliphatic rings. The Morgan fingerprint density at radius 2 is 0.629 bits per heavy atom. The minimum Gasteiger partial charge on any atom is -0.481 e. The fraction of sp³-hybridized carbons (Fsp3) is 0.736. The van der Waals surface area contributed by atoms with Gasteiger partial charge in [0, 0.05) is 158 Å². The molecule has 70 heavy (non-hydrogen) atoms. The highest BCUT2D eigenvalue weighted by molar-refractivity contribution is 5.79. The molecule has 1 amide bonds. The van der Waals surface area contributed by atoms with E-state index in [2.05, 4.69) is 29.6 Å². The largest absolute Gasteiger partial charge is 0.481 e. The van der Waals surface area contributed by atoms with E-state index in [0.717, 1.165) is 70.6 Å². The van der Waals surface area contributed by atoms with Crippen LogP contribution in [0, 0.1) is 0 Å². The van der Waals surface area contributed by atoms with Gasteiger partial charge in [0.25, 0.3) is 0 Å². The number of carboxylic acid groups (broad SMARTS) is 1. The molecule has 17 nitrogen and oxygen atoms in total. The number of hydrogen-bond donors (Lipinski definition) is 2. The first-order valence-electron chi connectivity index (χ1n) is 25.9. The Morgan fingerprint density at radius 1 is 0.371 bits per heavy atom. The summed E-state index contributed by atoms with van der Waals surface area (Å²) in [5.41, 5.74) is 4.81. The SMILES string of the molecule is O=C(O)CCOCCCOCCCOCCCOCCCOCCCOCCCOCCCOCCCOCCCOCCCOCCCOCCNC(=O)OCC1c2ccccc2-c2ccccc21. The van der Waals surface area contributed by atoms with Crippen molar-refractivity contribution in [3.63, 3.8) is 0 Å². The summed E-state index contributed by atoms with van der Waals surface area (Å²) >= 11 is 0. The lowest BCUT2D eigenvalue weighted by atomic mass is 9.98. The topological polar surface area (TPSA) is 186 Å². The van der Waals surface area contributed by atoms with Crippen LogP contribution in [0.2, 0.25) is 0 Å². The number of benzene rings is 2. The Bertz CT molecular complexity index is 1480. The minimum atomic E-state index is -0.845.